The molecule has 0 fully saturated rings. The Labute approximate surface area is 77.2 Å². The molecule has 0 saturated carbocycles. The van der Waals surface area contributed by atoms with E-state index in [0.717, 1.165) is 10.8 Å². The molecule has 3 heteroatoms. The number of rotatable bonds is 3. The average Bonchev–Trinajstić information content (AvgIpc) is 2.01. The summed E-state index contributed by atoms with van der Waals surface area (Å²) in [6.07, 6.45) is 0. The van der Waals surface area contributed by atoms with E-state index in [2.05, 4.69) is 4.90 Å². The fourth-order valence-electron chi connectivity index (χ4n) is 0.777. The lowest BCUT2D eigenvalue weighted by Crippen LogP contribution is -2.09. The van der Waals surface area contributed by atoms with E-state index in [0.29, 0.717) is 5.75 Å². The fourth-order valence-corrected chi connectivity index (χ4v) is 1.56. The lowest BCUT2D eigenvalue weighted by molar-refractivity contribution is 0.473. The summed E-state index contributed by atoms with van der Waals surface area (Å²) in [4.78, 5) is 3.19. The highest BCUT2D eigenvalue weighted by molar-refractivity contribution is 7.99. The molecule has 0 aliphatic heterocycles. The van der Waals surface area contributed by atoms with E-state index in [4.69, 9.17) is 5.11 Å². The number of phenolic OH excluding ortho intramolecular Hbond substituents is 1. The zero-order valence-electron chi connectivity index (χ0n) is 7.32. The van der Waals surface area contributed by atoms with Crippen molar-refractivity contribution in [2.45, 2.75) is 4.90 Å². The lowest BCUT2D eigenvalue weighted by atomic mass is 10.3. The third kappa shape index (κ3) is 3.15. The van der Waals surface area contributed by atoms with Crippen LogP contribution in [0, 0.1) is 0 Å². The van der Waals surface area contributed by atoms with E-state index < -0.39 is 0 Å². The molecule has 0 aromatic heterocycles. The molecule has 2 nitrogen and oxygen atoms in total. The van der Waals surface area contributed by atoms with Crippen LogP contribution in [-0.4, -0.2) is 30.0 Å². The van der Waals surface area contributed by atoms with Gasteiger partial charge >= 0.3 is 0 Å². The standard InChI is InChI=1S/C9H13NOS/c1-10(2)7-12-9-5-3-4-8(11)6-9/h3-6,11H,7H2,1-2H3. The zero-order valence-corrected chi connectivity index (χ0v) is 8.14. The predicted octanol–water partition coefficient (Wildman–Crippen LogP) is 2.00. The zero-order chi connectivity index (χ0) is 8.97. The van der Waals surface area contributed by atoms with Crippen molar-refractivity contribution in [3.05, 3.63) is 24.3 Å². The van der Waals surface area contributed by atoms with Crippen LogP contribution >= 0.6 is 11.8 Å². The molecule has 1 aromatic rings. The average molecular weight is 183 g/mol. The molecular weight excluding hydrogens is 170 g/mol. The Morgan fingerprint density at radius 2 is 2.17 bits per heavy atom. The van der Waals surface area contributed by atoms with Crippen LogP contribution < -0.4 is 0 Å². The maximum atomic E-state index is 9.15. The largest absolute Gasteiger partial charge is 0.508 e. The van der Waals surface area contributed by atoms with Crippen molar-refractivity contribution in [2.75, 3.05) is 20.0 Å². The van der Waals surface area contributed by atoms with E-state index in [-0.39, 0.29) is 0 Å². The first-order chi connectivity index (χ1) is 5.68. The summed E-state index contributed by atoms with van der Waals surface area (Å²) in [5.41, 5.74) is 0. The number of thioether (sulfide) groups is 1. The van der Waals surface area contributed by atoms with Gasteiger partial charge in [0.15, 0.2) is 0 Å². The van der Waals surface area contributed by atoms with E-state index in [1.165, 1.54) is 0 Å². The first-order valence-electron chi connectivity index (χ1n) is 3.75. The van der Waals surface area contributed by atoms with Crippen molar-refractivity contribution in [1.29, 1.82) is 0 Å². The maximum Gasteiger partial charge on any atom is 0.116 e. The van der Waals surface area contributed by atoms with Gasteiger partial charge in [-0.25, -0.2) is 0 Å². The minimum Gasteiger partial charge on any atom is -0.508 e. The van der Waals surface area contributed by atoms with Gasteiger partial charge in [0, 0.05) is 10.8 Å². The van der Waals surface area contributed by atoms with E-state index >= 15 is 0 Å². The Morgan fingerprint density at radius 1 is 1.42 bits per heavy atom. The molecule has 0 amide bonds. The highest BCUT2D eigenvalue weighted by Crippen LogP contribution is 2.21. The summed E-state index contributed by atoms with van der Waals surface area (Å²) in [6.45, 7) is 0. The van der Waals surface area contributed by atoms with Crippen LogP contribution in [0.25, 0.3) is 0 Å². The molecule has 12 heavy (non-hydrogen) atoms. The van der Waals surface area contributed by atoms with E-state index in [9.17, 15) is 0 Å². The highest BCUT2D eigenvalue weighted by atomic mass is 32.2. The van der Waals surface area contributed by atoms with Gasteiger partial charge in [-0.1, -0.05) is 6.07 Å². The highest BCUT2D eigenvalue weighted by Gasteiger charge is 1.95. The van der Waals surface area contributed by atoms with Crippen LogP contribution in [0.5, 0.6) is 5.75 Å². The van der Waals surface area contributed by atoms with Crippen LogP contribution in [0.3, 0.4) is 0 Å². The summed E-state index contributed by atoms with van der Waals surface area (Å²) in [7, 11) is 4.05. The Balaban J connectivity index is 2.52. The van der Waals surface area contributed by atoms with Gasteiger partial charge in [-0.3, -0.25) is 4.90 Å². The molecule has 1 N–H and O–H groups in total. The summed E-state index contributed by atoms with van der Waals surface area (Å²) < 4.78 is 0. The fraction of sp³-hybridized carbons (Fsp3) is 0.333. The predicted molar refractivity (Wildman–Crippen MR) is 52.5 cm³/mol. The Morgan fingerprint density at radius 3 is 2.75 bits per heavy atom. The lowest BCUT2D eigenvalue weighted by Gasteiger charge is -2.08. The van der Waals surface area contributed by atoms with Gasteiger partial charge < -0.3 is 5.11 Å². The minimum atomic E-state index is 0.332. The molecular formula is C9H13NOS. The number of phenols is 1. The van der Waals surface area contributed by atoms with Crippen molar-refractivity contribution in [3.63, 3.8) is 0 Å². The maximum absolute atomic E-state index is 9.15. The SMILES string of the molecule is CN(C)CSc1cccc(O)c1. The molecule has 0 saturated heterocycles. The molecule has 0 heterocycles. The molecule has 0 atom stereocenters. The molecule has 0 bridgehead atoms. The van der Waals surface area contributed by atoms with E-state index in [1.807, 2.05) is 26.2 Å². The molecule has 0 radical (unpaired) electrons. The number of aromatic hydroxyl groups is 1. The Kier molecular flexibility index (Phi) is 3.44. The number of benzene rings is 1. The first kappa shape index (κ1) is 9.42. The normalized spacial score (nSPS) is 10.6. The van der Waals surface area contributed by atoms with Gasteiger partial charge in [0.2, 0.25) is 0 Å². The monoisotopic (exact) mass is 183 g/mol. The summed E-state index contributed by atoms with van der Waals surface area (Å²) in [5.74, 6) is 1.27. The Bertz CT molecular complexity index is 250. The summed E-state index contributed by atoms with van der Waals surface area (Å²) in [5, 5.41) is 9.15. The smallest absolute Gasteiger partial charge is 0.116 e. The molecule has 1 rings (SSSR count). The second-order valence-electron chi connectivity index (χ2n) is 2.85. The number of nitrogens with zero attached hydrogens (tertiary/aromatic N) is 1. The molecule has 0 aliphatic rings. The quantitative estimate of drug-likeness (QED) is 0.572. The summed E-state index contributed by atoms with van der Waals surface area (Å²) in [6, 6.07) is 7.30. The van der Waals surface area contributed by atoms with Gasteiger partial charge in [-0.05, 0) is 32.3 Å². The van der Waals surface area contributed by atoms with Gasteiger partial charge in [-0.15, -0.1) is 11.8 Å². The number of hydrogen-bond donors (Lipinski definition) is 1. The van der Waals surface area contributed by atoms with Crippen molar-refractivity contribution in [1.82, 2.24) is 4.90 Å². The van der Waals surface area contributed by atoms with Crippen molar-refractivity contribution in [3.8, 4) is 5.75 Å². The molecule has 1 aromatic carbocycles. The van der Waals surface area contributed by atoms with Crippen molar-refractivity contribution >= 4 is 11.8 Å². The number of hydrogen-bond acceptors (Lipinski definition) is 3. The van der Waals surface area contributed by atoms with Crippen LogP contribution in [-0.2, 0) is 0 Å². The second-order valence-corrected chi connectivity index (χ2v) is 3.87. The minimum absolute atomic E-state index is 0.332. The molecule has 0 unspecified atom stereocenters. The van der Waals surface area contributed by atoms with E-state index in [1.54, 1.807) is 23.9 Å². The Hall–Kier alpha value is -0.670. The molecule has 0 spiro atoms. The first-order valence-corrected chi connectivity index (χ1v) is 4.73. The van der Waals surface area contributed by atoms with Gasteiger partial charge in [0.1, 0.15) is 5.75 Å². The van der Waals surface area contributed by atoms with Crippen molar-refractivity contribution < 1.29 is 5.11 Å². The van der Waals surface area contributed by atoms with Crippen LogP contribution in [0.2, 0.25) is 0 Å². The third-order valence-electron chi connectivity index (χ3n) is 1.31. The summed E-state index contributed by atoms with van der Waals surface area (Å²) >= 11 is 1.71. The second kappa shape index (κ2) is 4.38. The van der Waals surface area contributed by atoms with Crippen molar-refractivity contribution in [2.24, 2.45) is 0 Å². The van der Waals surface area contributed by atoms with Crippen LogP contribution in [0.4, 0.5) is 0 Å². The van der Waals surface area contributed by atoms with Gasteiger partial charge in [-0.2, -0.15) is 0 Å². The van der Waals surface area contributed by atoms with Gasteiger partial charge in [0.05, 0.1) is 0 Å². The topological polar surface area (TPSA) is 23.5 Å². The molecule has 66 valence electrons. The molecule has 0 aliphatic carbocycles. The third-order valence-corrected chi connectivity index (χ3v) is 2.54. The van der Waals surface area contributed by atoms with Crippen LogP contribution in [0.15, 0.2) is 29.2 Å². The van der Waals surface area contributed by atoms with Gasteiger partial charge in [0.25, 0.3) is 0 Å². The van der Waals surface area contributed by atoms with Crippen LogP contribution in [0.1, 0.15) is 0 Å².